The van der Waals surface area contributed by atoms with Gasteiger partial charge in [0, 0.05) is 19.3 Å². The van der Waals surface area contributed by atoms with Crippen molar-refractivity contribution in [1.82, 2.24) is 0 Å². The summed E-state index contributed by atoms with van der Waals surface area (Å²) in [6, 6.07) is 0. The molecular formula is C51H78O6. The Morgan fingerprint density at radius 3 is 1.21 bits per heavy atom. The molecule has 0 spiro atoms. The second-order valence-electron chi connectivity index (χ2n) is 14.1. The lowest BCUT2D eigenvalue weighted by atomic mass is 10.1. The smallest absolute Gasteiger partial charge is 0.306 e. The van der Waals surface area contributed by atoms with Crippen LogP contribution in [-0.4, -0.2) is 37.2 Å². The number of carbonyl (C=O) groups is 3. The Kier molecular flexibility index (Phi) is 41.3. The van der Waals surface area contributed by atoms with Crippen LogP contribution in [0.25, 0.3) is 0 Å². The fourth-order valence-electron chi connectivity index (χ4n) is 5.36. The van der Waals surface area contributed by atoms with E-state index >= 15 is 0 Å². The molecular weight excluding hydrogens is 709 g/mol. The average molecular weight is 787 g/mol. The number of ether oxygens (including phenoxy) is 3. The summed E-state index contributed by atoms with van der Waals surface area (Å²) in [6.07, 6.45) is 60.4. The van der Waals surface area contributed by atoms with Crippen LogP contribution in [0.2, 0.25) is 0 Å². The lowest BCUT2D eigenvalue weighted by molar-refractivity contribution is -0.167. The van der Waals surface area contributed by atoms with E-state index in [1.165, 1.54) is 25.7 Å². The minimum absolute atomic E-state index is 0.121. The van der Waals surface area contributed by atoms with Gasteiger partial charge in [0.15, 0.2) is 6.10 Å². The van der Waals surface area contributed by atoms with Crippen molar-refractivity contribution in [3.05, 3.63) is 122 Å². The first kappa shape index (κ1) is 52.8. The first-order chi connectivity index (χ1) is 28.0. The van der Waals surface area contributed by atoms with Crippen LogP contribution >= 0.6 is 0 Å². The van der Waals surface area contributed by atoms with Gasteiger partial charge in [-0.15, -0.1) is 0 Å². The van der Waals surface area contributed by atoms with Crippen LogP contribution in [0.5, 0.6) is 0 Å². The van der Waals surface area contributed by atoms with Gasteiger partial charge < -0.3 is 14.2 Å². The molecule has 0 saturated heterocycles. The summed E-state index contributed by atoms with van der Waals surface area (Å²) in [5.41, 5.74) is 0. The maximum absolute atomic E-state index is 12.7. The molecule has 0 aromatic heterocycles. The maximum atomic E-state index is 12.7. The zero-order chi connectivity index (χ0) is 41.5. The third kappa shape index (κ3) is 42.8. The highest BCUT2D eigenvalue weighted by molar-refractivity contribution is 5.71. The number of hydrogen-bond donors (Lipinski definition) is 0. The summed E-state index contributed by atoms with van der Waals surface area (Å²) in [6.45, 7) is 6.20. The lowest BCUT2D eigenvalue weighted by Gasteiger charge is -2.18. The van der Waals surface area contributed by atoms with E-state index < -0.39 is 6.10 Å². The van der Waals surface area contributed by atoms with Gasteiger partial charge in [-0.3, -0.25) is 14.4 Å². The fraction of sp³-hybridized carbons (Fsp3) is 0.549. The largest absolute Gasteiger partial charge is 0.462 e. The maximum Gasteiger partial charge on any atom is 0.306 e. The highest BCUT2D eigenvalue weighted by Crippen LogP contribution is 2.11. The van der Waals surface area contributed by atoms with Crippen LogP contribution in [0.3, 0.4) is 0 Å². The topological polar surface area (TPSA) is 78.9 Å². The van der Waals surface area contributed by atoms with Gasteiger partial charge in [-0.2, -0.15) is 0 Å². The molecule has 6 nitrogen and oxygen atoms in total. The zero-order valence-electron chi connectivity index (χ0n) is 36.0. The SMILES string of the molecule is CC\C=C/C=C\C=C/C=C\C=C\C=C/CCCCCC(=O)OCC(COC(=O)CCC/C=C\CCCCCC)OC(=O)CCCCCCC\C=C/C=C\C=C/CC. The molecule has 0 aliphatic heterocycles. The number of hydrogen-bond acceptors (Lipinski definition) is 6. The molecule has 1 atom stereocenters. The molecule has 0 heterocycles. The van der Waals surface area contributed by atoms with Gasteiger partial charge in [0.1, 0.15) is 13.2 Å². The van der Waals surface area contributed by atoms with Crippen molar-refractivity contribution in [2.45, 2.75) is 168 Å². The molecule has 0 bridgehead atoms. The van der Waals surface area contributed by atoms with E-state index in [0.717, 1.165) is 89.9 Å². The second-order valence-corrected chi connectivity index (χ2v) is 14.1. The Labute approximate surface area is 348 Å². The molecule has 6 heteroatoms. The van der Waals surface area contributed by atoms with Crippen molar-refractivity contribution in [1.29, 1.82) is 0 Å². The third-order valence-corrected chi connectivity index (χ3v) is 8.65. The highest BCUT2D eigenvalue weighted by Gasteiger charge is 2.19. The van der Waals surface area contributed by atoms with E-state index in [4.69, 9.17) is 14.2 Å². The molecule has 57 heavy (non-hydrogen) atoms. The van der Waals surface area contributed by atoms with Crippen molar-refractivity contribution in [3.63, 3.8) is 0 Å². The molecule has 0 radical (unpaired) electrons. The Hall–Kier alpha value is -4.19. The van der Waals surface area contributed by atoms with Crippen molar-refractivity contribution in [2.75, 3.05) is 13.2 Å². The molecule has 0 N–H and O–H groups in total. The van der Waals surface area contributed by atoms with Gasteiger partial charge in [0.05, 0.1) is 0 Å². The Morgan fingerprint density at radius 2 is 0.719 bits per heavy atom. The number of allylic oxidation sites excluding steroid dienone is 20. The number of esters is 3. The molecule has 0 aromatic rings. The van der Waals surface area contributed by atoms with E-state index in [2.05, 4.69) is 75.5 Å². The zero-order valence-corrected chi connectivity index (χ0v) is 36.0. The molecule has 0 aliphatic rings. The number of unbranched alkanes of at least 4 members (excludes halogenated alkanes) is 13. The van der Waals surface area contributed by atoms with E-state index in [-0.39, 0.29) is 37.5 Å². The molecule has 0 fully saturated rings. The van der Waals surface area contributed by atoms with E-state index in [1.54, 1.807) is 0 Å². The normalized spacial score (nSPS) is 13.2. The monoisotopic (exact) mass is 787 g/mol. The van der Waals surface area contributed by atoms with Gasteiger partial charge >= 0.3 is 17.9 Å². The number of rotatable bonds is 37. The van der Waals surface area contributed by atoms with Gasteiger partial charge in [-0.1, -0.05) is 187 Å². The molecule has 318 valence electrons. The first-order valence-electron chi connectivity index (χ1n) is 22.2. The predicted molar refractivity (Wildman–Crippen MR) is 242 cm³/mol. The quantitative estimate of drug-likeness (QED) is 0.0205. The predicted octanol–water partition coefficient (Wildman–Crippen LogP) is 14.2. The summed E-state index contributed by atoms with van der Waals surface area (Å²) >= 11 is 0. The average Bonchev–Trinajstić information content (AvgIpc) is 3.21. The van der Waals surface area contributed by atoms with Gasteiger partial charge in [-0.05, 0) is 77.0 Å². The van der Waals surface area contributed by atoms with Gasteiger partial charge in [-0.25, -0.2) is 0 Å². The summed E-state index contributed by atoms with van der Waals surface area (Å²) in [5, 5.41) is 0. The van der Waals surface area contributed by atoms with E-state index in [1.807, 2.05) is 66.8 Å². The van der Waals surface area contributed by atoms with Crippen LogP contribution in [0, 0.1) is 0 Å². The molecule has 0 saturated carbocycles. The Bertz CT molecular complexity index is 1270. The van der Waals surface area contributed by atoms with Crippen molar-refractivity contribution in [3.8, 4) is 0 Å². The summed E-state index contributed by atoms with van der Waals surface area (Å²) in [4.78, 5) is 37.7. The van der Waals surface area contributed by atoms with Crippen LogP contribution in [-0.2, 0) is 28.6 Å². The van der Waals surface area contributed by atoms with E-state index in [9.17, 15) is 14.4 Å². The second kappa shape index (κ2) is 44.5. The lowest BCUT2D eigenvalue weighted by Crippen LogP contribution is -2.30. The highest BCUT2D eigenvalue weighted by atomic mass is 16.6. The summed E-state index contributed by atoms with van der Waals surface area (Å²) < 4.78 is 16.6. The summed E-state index contributed by atoms with van der Waals surface area (Å²) in [7, 11) is 0. The third-order valence-electron chi connectivity index (χ3n) is 8.65. The summed E-state index contributed by atoms with van der Waals surface area (Å²) in [5.74, 6) is -1.03. The molecule has 0 aromatic carbocycles. The minimum Gasteiger partial charge on any atom is -0.462 e. The Balaban J connectivity index is 4.55. The van der Waals surface area contributed by atoms with Crippen molar-refractivity contribution < 1.29 is 28.6 Å². The van der Waals surface area contributed by atoms with Gasteiger partial charge in [0.25, 0.3) is 0 Å². The molecule has 0 aliphatic carbocycles. The van der Waals surface area contributed by atoms with Gasteiger partial charge in [0.2, 0.25) is 0 Å². The molecule has 1 unspecified atom stereocenters. The van der Waals surface area contributed by atoms with Crippen LogP contribution in [0.1, 0.15) is 162 Å². The first-order valence-corrected chi connectivity index (χ1v) is 22.2. The minimum atomic E-state index is -0.819. The standard InChI is InChI=1S/C51H78O6/c1-4-7-10-13-16-19-21-23-24-25-26-28-29-32-35-38-41-44-50(53)56-47-48(46-55-49(52)43-40-37-34-31-18-15-12-9-6-3)57-51(54)45-42-39-36-33-30-27-22-20-17-14-11-8-5-2/h7-8,10-11,13-14,16-17,19-26,28-29,31,34,48H,4-6,9,12,15,18,27,30,32-33,35-47H2,1-3H3/b10-7-,11-8-,16-13-,17-14-,21-19-,22-20-,24-23-,26-25+,29-28-,34-31-. The molecule has 0 amide bonds. The number of carbonyl (C=O) groups excluding carboxylic acids is 3. The fourth-order valence-corrected chi connectivity index (χ4v) is 5.36. The van der Waals surface area contributed by atoms with Crippen LogP contribution < -0.4 is 0 Å². The van der Waals surface area contributed by atoms with Crippen LogP contribution in [0.15, 0.2) is 122 Å². The van der Waals surface area contributed by atoms with Crippen molar-refractivity contribution >= 4 is 17.9 Å². The van der Waals surface area contributed by atoms with E-state index in [0.29, 0.717) is 19.3 Å². The van der Waals surface area contributed by atoms with Crippen LogP contribution in [0.4, 0.5) is 0 Å². The molecule has 0 rings (SSSR count). The van der Waals surface area contributed by atoms with Crippen molar-refractivity contribution in [2.24, 2.45) is 0 Å². The Morgan fingerprint density at radius 1 is 0.368 bits per heavy atom.